The monoisotopic (exact) mass is 331 g/mol. The van der Waals surface area contributed by atoms with Crippen molar-refractivity contribution in [1.82, 2.24) is 5.32 Å². The Morgan fingerprint density at radius 2 is 2.06 bits per heavy atom. The van der Waals surface area contributed by atoms with E-state index in [0.29, 0.717) is 11.0 Å². The van der Waals surface area contributed by atoms with Crippen LogP contribution < -0.4 is 5.32 Å². The summed E-state index contributed by atoms with van der Waals surface area (Å²) < 4.78 is 27.4. The first kappa shape index (κ1) is 13.6. The normalized spacial score (nSPS) is 10.8. The van der Waals surface area contributed by atoms with Crippen molar-refractivity contribution in [1.29, 1.82) is 0 Å². The van der Waals surface area contributed by atoms with Gasteiger partial charge in [-0.3, -0.25) is 0 Å². The third-order valence-corrected chi connectivity index (χ3v) is 3.96. The fourth-order valence-corrected chi connectivity index (χ4v) is 2.69. The van der Waals surface area contributed by atoms with Gasteiger partial charge in [-0.25, -0.2) is 8.78 Å². The summed E-state index contributed by atoms with van der Waals surface area (Å²) in [6.45, 7) is 0.892. The molecule has 0 spiro atoms. The number of thiophene rings is 1. The van der Waals surface area contributed by atoms with Crippen LogP contribution in [0.1, 0.15) is 11.1 Å². The van der Waals surface area contributed by atoms with Crippen LogP contribution >= 0.6 is 27.3 Å². The van der Waals surface area contributed by atoms with Crippen LogP contribution in [-0.4, -0.2) is 6.54 Å². The van der Waals surface area contributed by atoms with Crippen LogP contribution in [0.3, 0.4) is 0 Å². The van der Waals surface area contributed by atoms with Crippen molar-refractivity contribution in [2.45, 2.75) is 13.0 Å². The highest BCUT2D eigenvalue weighted by Crippen LogP contribution is 2.21. The zero-order chi connectivity index (χ0) is 13.0. The van der Waals surface area contributed by atoms with E-state index in [2.05, 4.69) is 26.6 Å². The molecule has 2 rings (SSSR count). The van der Waals surface area contributed by atoms with Crippen LogP contribution in [0.5, 0.6) is 0 Å². The van der Waals surface area contributed by atoms with Gasteiger partial charge in [0, 0.05) is 12.1 Å². The molecule has 18 heavy (non-hydrogen) atoms. The number of hydrogen-bond acceptors (Lipinski definition) is 2. The molecule has 0 aliphatic rings. The predicted octanol–water partition coefficient (Wildman–Crippen LogP) is 4.12. The summed E-state index contributed by atoms with van der Waals surface area (Å²) in [4.78, 5) is 0. The Balaban J connectivity index is 1.88. The second kappa shape index (κ2) is 6.41. The highest BCUT2D eigenvalue weighted by molar-refractivity contribution is 9.10. The average Bonchev–Trinajstić information content (AvgIpc) is 2.86. The average molecular weight is 332 g/mol. The molecule has 0 atom stereocenters. The van der Waals surface area contributed by atoms with Crippen LogP contribution in [0.25, 0.3) is 0 Å². The summed E-state index contributed by atoms with van der Waals surface area (Å²) in [5, 5.41) is 7.14. The standard InChI is InChI=1S/C13H12BrF2NS/c14-11-1-2-12(15)10(13(11)16)7-17-5-3-9-4-6-18-8-9/h1-2,4,6,8,17H,3,5,7H2. The zero-order valence-corrected chi connectivity index (χ0v) is 12.0. The van der Waals surface area contributed by atoms with Crippen LogP contribution in [0.2, 0.25) is 0 Å². The molecule has 0 bridgehead atoms. The van der Waals surface area contributed by atoms with Gasteiger partial charge in [-0.1, -0.05) is 0 Å². The Labute approximate surface area is 117 Å². The molecular formula is C13H12BrF2NS. The highest BCUT2D eigenvalue weighted by atomic mass is 79.9. The van der Waals surface area contributed by atoms with Gasteiger partial charge in [0.25, 0.3) is 0 Å². The van der Waals surface area contributed by atoms with Gasteiger partial charge in [0.1, 0.15) is 11.6 Å². The van der Waals surface area contributed by atoms with Crippen molar-refractivity contribution in [2.75, 3.05) is 6.54 Å². The minimum Gasteiger partial charge on any atom is -0.312 e. The first-order chi connectivity index (χ1) is 8.68. The van der Waals surface area contributed by atoms with E-state index >= 15 is 0 Å². The molecule has 1 aromatic carbocycles. The zero-order valence-electron chi connectivity index (χ0n) is 9.55. The van der Waals surface area contributed by atoms with Crippen LogP contribution in [0, 0.1) is 11.6 Å². The van der Waals surface area contributed by atoms with Gasteiger partial charge in [-0.05, 0) is 63.4 Å². The molecule has 0 radical (unpaired) electrons. The lowest BCUT2D eigenvalue weighted by atomic mass is 10.2. The van der Waals surface area contributed by atoms with E-state index < -0.39 is 11.6 Å². The minimum atomic E-state index is -0.530. The maximum absolute atomic E-state index is 13.6. The summed E-state index contributed by atoms with van der Waals surface area (Å²) in [7, 11) is 0. The Hall–Kier alpha value is -0.780. The van der Waals surface area contributed by atoms with E-state index in [1.165, 1.54) is 17.7 Å². The number of halogens is 3. The largest absolute Gasteiger partial charge is 0.312 e. The fraction of sp³-hybridized carbons (Fsp3) is 0.231. The maximum atomic E-state index is 13.6. The van der Waals surface area contributed by atoms with Gasteiger partial charge in [-0.2, -0.15) is 11.3 Å². The van der Waals surface area contributed by atoms with Crippen molar-refractivity contribution in [2.24, 2.45) is 0 Å². The van der Waals surface area contributed by atoms with Gasteiger partial charge < -0.3 is 5.32 Å². The van der Waals surface area contributed by atoms with E-state index in [1.54, 1.807) is 11.3 Å². The van der Waals surface area contributed by atoms with Crippen molar-refractivity contribution < 1.29 is 8.78 Å². The number of rotatable bonds is 5. The Morgan fingerprint density at radius 3 is 2.78 bits per heavy atom. The Morgan fingerprint density at radius 1 is 1.22 bits per heavy atom. The molecule has 0 saturated carbocycles. The smallest absolute Gasteiger partial charge is 0.144 e. The quantitative estimate of drug-likeness (QED) is 0.641. The molecule has 1 aromatic heterocycles. The number of hydrogen-bond donors (Lipinski definition) is 1. The van der Waals surface area contributed by atoms with Gasteiger partial charge in [0.2, 0.25) is 0 Å². The van der Waals surface area contributed by atoms with Crippen molar-refractivity contribution in [3.8, 4) is 0 Å². The molecular weight excluding hydrogens is 320 g/mol. The van der Waals surface area contributed by atoms with Crippen LogP contribution in [0.15, 0.2) is 33.4 Å². The van der Waals surface area contributed by atoms with Crippen molar-refractivity contribution in [3.05, 3.63) is 56.2 Å². The minimum absolute atomic E-state index is 0.0784. The molecule has 0 amide bonds. The molecule has 0 aliphatic carbocycles. The first-order valence-corrected chi connectivity index (χ1v) is 7.26. The van der Waals surface area contributed by atoms with E-state index in [1.807, 2.05) is 11.4 Å². The van der Waals surface area contributed by atoms with E-state index in [0.717, 1.165) is 6.42 Å². The van der Waals surface area contributed by atoms with E-state index in [9.17, 15) is 8.78 Å². The van der Waals surface area contributed by atoms with Gasteiger partial charge in [-0.15, -0.1) is 0 Å². The fourth-order valence-electron chi connectivity index (χ4n) is 1.61. The third kappa shape index (κ3) is 3.37. The predicted molar refractivity (Wildman–Crippen MR) is 73.8 cm³/mol. The molecule has 1 heterocycles. The van der Waals surface area contributed by atoms with Gasteiger partial charge in [0.15, 0.2) is 0 Å². The maximum Gasteiger partial charge on any atom is 0.144 e. The molecule has 0 fully saturated rings. The third-order valence-electron chi connectivity index (χ3n) is 2.61. The molecule has 0 saturated heterocycles. The van der Waals surface area contributed by atoms with E-state index in [-0.39, 0.29) is 12.1 Å². The number of nitrogens with one attached hydrogen (secondary N) is 1. The lowest BCUT2D eigenvalue weighted by molar-refractivity contribution is 0.532. The summed E-state index contributed by atoms with van der Waals surface area (Å²) >= 11 is 4.70. The summed E-state index contributed by atoms with van der Waals surface area (Å²) in [5.41, 5.74) is 1.32. The molecule has 0 unspecified atom stereocenters. The molecule has 1 N–H and O–H groups in total. The molecule has 2 aromatic rings. The molecule has 1 nitrogen and oxygen atoms in total. The second-order valence-electron chi connectivity index (χ2n) is 3.88. The van der Waals surface area contributed by atoms with Crippen molar-refractivity contribution in [3.63, 3.8) is 0 Å². The van der Waals surface area contributed by atoms with Crippen molar-refractivity contribution >= 4 is 27.3 Å². The molecule has 96 valence electrons. The molecule has 5 heteroatoms. The van der Waals surface area contributed by atoms with E-state index in [4.69, 9.17) is 0 Å². The number of benzene rings is 1. The van der Waals surface area contributed by atoms with Crippen LogP contribution in [0.4, 0.5) is 8.78 Å². The summed E-state index contributed by atoms with van der Waals surface area (Å²) in [5.74, 6) is -1.04. The Kier molecular flexibility index (Phi) is 4.86. The highest BCUT2D eigenvalue weighted by Gasteiger charge is 2.11. The second-order valence-corrected chi connectivity index (χ2v) is 5.51. The summed E-state index contributed by atoms with van der Waals surface area (Å²) in [6, 6.07) is 4.69. The summed E-state index contributed by atoms with van der Waals surface area (Å²) in [6.07, 6.45) is 0.862. The topological polar surface area (TPSA) is 12.0 Å². The molecule has 0 aliphatic heterocycles. The first-order valence-electron chi connectivity index (χ1n) is 5.52. The van der Waals surface area contributed by atoms with Crippen LogP contribution in [-0.2, 0) is 13.0 Å². The lowest BCUT2D eigenvalue weighted by Gasteiger charge is -2.08. The SMILES string of the molecule is Fc1ccc(Br)c(F)c1CNCCc1ccsc1. The Bertz CT molecular complexity index is 514. The van der Waals surface area contributed by atoms with Gasteiger partial charge >= 0.3 is 0 Å². The van der Waals surface area contributed by atoms with Gasteiger partial charge in [0.05, 0.1) is 4.47 Å². The lowest BCUT2D eigenvalue weighted by Crippen LogP contribution is -2.18.